The van der Waals surface area contributed by atoms with Crippen LogP contribution in [-0.2, 0) is 13.1 Å². The van der Waals surface area contributed by atoms with Gasteiger partial charge in [-0.25, -0.2) is 4.98 Å². The Morgan fingerprint density at radius 1 is 1.10 bits per heavy atom. The molecule has 2 aromatic rings. The minimum absolute atomic E-state index is 0.654. The molecule has 106 valence electrons. The molecule has 1 N–H and O–H groups in total. The van der Waals surface area contributed by atoms with Crippen LogP contribution in [0.3, 0.4) is 0 Å². The maximum Gasteiger partial charge on any atom is 0.129 e. The van der Waals surface area contributed by atoms with E-state index in [1.165, 1.54) is 5.56 Å². The third kappa shape index (κ3) is 3.85. The number of hydrogen-bond donors (Lipinski definition) is 1. The van der Waals surface area contributed by atoms with E-state index in [4.69, 9.17) is 23.2 Å². The van der Waals surface area contributed by atoms with E-state index < -0.39 is 0 Å². The lowest BCUT2D eigenvalue weighted by Crippen LogP contribution is -2.19. The summed E-state index contributed by atoms with van der Waals surface area (Å²) in [5.41, 5.74) is 2.04. The summed E-state index contributed by atoms with van der Waals surface area (Å²) in [6, 6.07) is 11.6. The van der Waals surface area contributed by atoms with E-state index in [0.717, 1.165) is 23.1 Å². The summed E-state index contributed by atoms with van der Waals surface area (Å²) in [5.74, 6) is 0.898. The van der Waals surface area contributed by atoms with E-state index >= 15 is 0 Å². The third-order valence-electron chi connectivity index (χ3n) is 2.97. The summed E-state index contributed by atoms with van der Waals surface area (Å²) in [7, 11) is 3.89. The lowest BCUT2D eigenvalue weighted by Gasteiger charge is -2.19. The van der Waals surface area contributed by atoms with Crippen molar-refractivity contribution >= 4 is 29.0 Å². The molecular weight excluding hydrogens is 293 g/mol. The van der Waals surface area contributed by atoms with Gasteiger partial charge in [0.15, 0.2) is 0 Å². The number of anilines is 1. The number of halogens is 2. The molecule has 0 saturated carbocycles. The summed E-state index contributed by atoms with van der Waals surface area (Å²) < 4.78 is 0. The average Bonchev–Trinajstić information content (AvgIpc) is 2.44. The van der Waals surface area contributed by atoms with E-state index in [9.17, 15) is 0 Å². The van der Waals surface area contributed by atoms with Gasteiger partial charge in [0.1, 0.15) is 5.82 Å². The molecule has 0 aliphatic carbocycles. The topological polar surface area (TPSA) is 28.2 Å². The maximum atomic E-state index is 6.12. The first-order valence-electron chi connectivity index (χ1n) is 6.35. The highest BCUT2D eigenvalue weighted by atomic mass is 35.5. The highest BCUT2D eigenvalue weighted by molar-refractivity contribution is 6.31. The fourth-order valence-electron chi connectivity index (χ4n) is 1.92. The Hall–Kier alpha value is -1.29. The van der Waals surface area contributed by atoms with Crippen molar-refractivity contribution in [1.82, 2.24) is 10.3 Å². The first-order chi connectivity index (χ1) is 9.60. The Labute approximate surface area is 129 Å². The number of pyridine rings is 1. The molecule has 0 atom stereocenters. The van der Waals surface area contributed by atoms with E-state index in [-0.39, 0.29) is 0 Å². The van der Waals surface area contributed by atoms with Gasteiger partial charge in [-0.1, -0.05) is 35.3 Å². The SMILES string of the molecule is CNCc1nc(N(C)Cc2ccc(Cl)cc2)ccc1Cl. The van der Waals surface area contributed by atoms with Crippen molar-refractivity contribution in [2.45, 2.75) is 13.1 Å². The quantitative estimate of drug-likeness (QED) is 0.912. The van der Waals surface area contributed by atoms with Crippen LogP contribution >= 0.6 is 23.2 Å². The van der Waals surface area contributed by atoms with Crippen LogP contribution in [0.2, 0.25) is 10.0 Å². The second kappa shape index (κ2) is 6.93. The fraction of sp³-hybridized carbons (Fsp3) is 0.267. The molecule has 0 radical (unpaired) electrons. The van der Waals surface area contributed by atoms with Gasteiger partial charge in [-0.05, 0) is 36.9 Å². The largest absolute Gasteiger partial charge is 0.355 e. The molecule has 2 rings (SSSR count). The van der Waals surface area contributed by atoms with Crippen LogP contribution in [0.4, 0.5) is 5.82 Å². The molecule has 0 unspecified atom stereocenters. The third-order valence-corrected chi connectivity index (χ3v) is 3.57. The van der Waals surface area contributed by atoms with Gasteiger partial charge in [0, 0.05) is 25.2 Å². The second-order valence-electron chi connectivity index (χ2n) is 4.61. The van der Waals surface area contributed by atoms with Crippen molar-refractivity contribution in [3.63, 3.8) is 0 Å². The number of hydrogen-bond acceptors (Lipinski definition) is 3. The minimum Gasteiger partial charge on any atom is -0.355 e. The number of nitrogens with one attached hydrogen (secondary N) is 1. The monoisotopic (exact) mass is 309 g/mol. The van der Waals surface area contributed by atoms with Gasteiger partial charge in [0.05, 0.1) is 10.7 Å². The second-order valence-corrected chi connectivity index (χ2v) is 5.45. The van der Waals surface area contributed by atoms with Crippen LogP contribution in [0.25, 0.3) is 0 Å². The Kier molecular flexibility index (Phi) is 5.24. The molecular formula is C15H17Cl2N3. The van der Waals surface area contributed by atoms with Gasteiger partial charge >= 0.3 is 0 Å². The van der Waals surface area contributed by atoms with Crippen molar-refractivity contribution in [3.05, 3.63) is 57.7 Å². The molecule has 0 bridgehead atoms. The standard InChI is InChI=1S/C15H17Cl2N3/c1-18-9-14-13(17)7-8-15(19-14)20(2)10-11-3-5-12(16)6-4-11/h3-8,18H,9-10H2,1-2H3. The van der Waals surface area contributed by atoms with Crippen LogP contribution in [0.15, 0.2) is 36.4 Å². The Morgan fingerprint density at radius 2 is 1.80 bits per heavy atom. The summed E-state index contributed by atoms with van der Waals surface area (Å²) in [6.45, 7) is 1.42. The zero-order valence-electron chi connectivity index (χ0n) is 11.5. The molecule has 1 heterocycles. The van der Waals surface area contributed by atoms with Crippen molar-refractivity contribution < 1.29 is 0 Å². The van der Waals surface area contributed by atoms with E-state index in [1.54, 1.807) is 0 Å². The molecule has 5 heteroatoms. The molecule has 1 aromatic heterocycles. The number of nitrogens with zero attached hydrogens (tertiary/aromatic N) is 2. The average molecular weight is 310 g/mol. The number of rotatable bonds is 5. The van der Waals surface area contributed by atoms with Gasteiger partial charge in [-0.3, -0.25) is 0 Å². The number of benzene rings is 1. The predicted octanol–water partition coefficient (Wildman–Crippen LogP) is 3.74. The lowest BCUT2D eigenvalue weighted by atomic mass is 10.2. The molecule has 0 saturated heterocycles. The summed E-state index contributed by atoms with van der Waals surface area (Å²) >= 11 is 12.0. The van der Waals surface area contributed by atoms with Crippen LogP contribution < -0.4 is 10.2 Å². The minimum atomic E-state index is 0.654. The van der Waals surface area contributed by atoms with E-state index in [1.807, 2.05) is 50.5 Å². The summed E-state index contributed by atoms with van der Waals surface area (Å²) in [4.78, 5) is 6.66. The maximum absolute atomic E-state index is 6.12. The first kappa shape index (κ1) is 15.1. The van der Waals surface area contributed by atoms with Crippen LogP contribution in [0, 0.1) is 0 Å². The zero-order chi connectivity index (χ0) is 14.5. The van der Waals surface area contributed by atoms with Crippen molar-refractivity contribution in [3.8, 4) is 0 Å². The zero-order valence-corrected chi connectivity index (χ0v) is 13.0. The van der Waals surface area contributed by atoms with Crippen LogP contribution in [0.1, 0.15) is 11.3 Å². The highest BCUT2D eigenvalue weighted by Gasteiger charge is 2.07. The summed E-state index contributed by atoms with van der Waals surface area (Å²) in [5, 5.41) is 4.50. The van der Waals surface area contributed by atoms with Crippen molar-refractivity contribution in [2.75, 3.05) is 19.0 Å². The lowest BCUT2D eigenvalue weighted by molar-refractivity contribution is 0.783. The van der Waals surface area contributed by atoms with E-state index in [2.05, 4.69) is 15.2 Å². The van der Waals surface area contributed by atoms with Crippen LogP contribution in [0.5, 0.6) is 0 Å². The molecule has 0 spiro atoms. The molecule has 0 aliphatic heterocycles. The molecule has 0 fully saturated rings. The molecule has 20 heavy (non-hydrogen) atoms. The Bertz CT molecular complexity index is 570. The number of aromatic nitrogens is 1. The fourth-order valence-corrected chi connectivity index (χ4v) is 2.22. The van der Waals surface area contributed by atoms with Gasteiger partial charge in [0.2, 0.25) is 0 Å². The Balaban J connectivity index is 2.14. The normalized spacial score (nSPS) is 10.6. The van der Waals surface area contributed by atoms with Gasteiger partial charge in [0.25, 0.3) is 0 Å². The van der Waals surface area contributed by atoms with Gasteiger partial charge < -0.3 is 10.2 Å². The van der Waals surface area contributed by atoms with Gasteiger partial charge in [-0.15, -0.1) is 0 Å². The van der Waals surface area contributed by atoms with E-state index in [0.29, 0.717) is 11.6 Å². The molecule has 1 aromatic carbocycles. The Morgan fingerprint density at radius 3 is 2.45 bits per heavy atom. The van der Waals surface area contributed by atoms with Crippen molar-refractivity contribution in [1.29, 1.82) is 0 Å². The van der Waals surface area contributed by atoms with Crippen LogP contribution in [-0.4, -0.2) is 19.1 Å². The first-order valence-corrected chi connectivity index (χ1v) is 7.11. The van der Waals surface area contributed by atoms with Crippen molar-refractivity contribution in [2.24, 2.45) is 0 Å². The smallest absolute Gasteiger partial charge is 0.129 e. The predicted molar refractivity (Wildman–Crippen MR) is 85.6 cm³/mol. The summed E-state index contributed by atoms with van der Waals surface area (Å²) in [6.07, 6.45) is 0. The van der Waals surface area contributed by atoms with Gasteiger partial charge in [-0.2, -0.15) is 0 Å². The molecule has 0 amide bonds. The highest BCUT2D eigenvalue weighted by Crippen LogP contribution is 2.20. The molecule has 0 aliphatic rings. The molecule has 3 nitrogen and oxygen atoms in total.